The van der Waals surface area contributed by atoms with Crippen LogP contribution in [0.15, 0.2) is 46.9 Å². The number of rotatable bonds is 3. The second-order valence-corrected chi connectivity index (χ2v) is 6.56. The Morgan fingerprint density at radius 2 is 1.88 bits per heavy atom. The Labute approximate surface area is 159 Å². The molecule has 1 aromatic heterocycles. The number of para-hydroxylation sites is 1. The largest absolute Gasteiger partial charge is 0.496 e. The summed E-state index contributed by atoms with van der Waals surface area (Å²) >= 11 is 3.26. The number of nitrogens with two attached hydrogens (primary N) is 1. The molecule has 2 N–H and O–H groups in total. The van der Waals surface area contributed by atoms with Gasteiger partial charge in [0.05, 0.1) is 7.11 Å². The summed E-state index contributed by atoms with van der Waals surface area (Å²) in [5.41, 5.74) is 8.72. The topological polar surface area (TPSA) is 71.9 Å². The third-order valence-electron chi connectivity index (χ3n) is 4.09. The number of anilines is 1. The van der Waals surface area contributed by atoms with E-state index in [1.807, 2.05) is 18.2 Å². The number of pyridine rings is 1. The Bertz CT molecular complexity index is 1040. The van der Waals surface area contributed by atoms with Crippen LogP contribution in [0.4, 0.5) is 10.2 Å². The van der Waals surface area contributed by atoms with E-state index in [0.29, 0.717) is 32.6 Å². The van der Waals surface area contributed by atoms with Crippen LogP contribution in [0.3, 0.4) is 0 Å². The van der Waals surface area contributed by atoms with E-state index in [9.17, 15) is 9.65 Å². The minimum atomic E-state index is -0.461. The van der Waals surface area contributed by atoms with Gasteiger partial charge in [0.2, 0.25) is 0 Å². The summed E-state index contributed by atoms with van der Waals surface area (Å²) in [5.74, 6) is 0.211. The maximum Gasteiger partial charge on any atom is 0.142 e. The highest BCUT2D eigenvalue weighted by Crippen LogP contribution is 2.43. The van der Waals surface area contributed by atoms with Crippen LogP contribution in [0.1, 0.15) is 11.3 Å². The third-order valence-corrected chi connectivity index (χ3v) is 4.59. The molecule has 0 radical (unpaired) electrons. The first-order valence-corrected chi connectivity index (χ1v) is 8.56. The molecule has 1 heterocycles. The molecule has 4 nitrogen and oxygen atoms in total. The normalized spacial score (nSPS) is 10.4. The van der Waals surface area contributed by atoms with Crippen LogP contribution in [0.25, 0.3) is 22.3 Å². The Morgan fingerprint density at radius 1 is 1.15 bits per heavy atom. The van der Waals surface area contributed by atoms with Gasteiger partial charge in [-0.2, -0.15) is 5.26 Å². The lowest BCUT2D eigenvalue weighted by Gasteiger charge is -2.18. The Balaban J connectivity index is 2.48. The zero-order valence-corrected chi connectivity index (χ0v) is 15.8. The fraction of sp³-hybridized carbons (Fsp3) is 0.100. The summed E-state index contributed by atoms with van der Waals surface area (Å²) in [5, 5.41) is 9.66. The van der Waals surface area contributed by atoms with E-state index in [4.69, 9.17) is 10.5 Å². The summed E-state index contributed by atoms with van der Waals surface area (Å²) in [6, 6.07) is 14.1. The van der Waals surface area contributed by atoms with Crippen molar-refractivity contribution < 1.29 is 9.13 Å². The molecule has 0 saturated heterocycles. The molecule has 0 unspecified atom stereocenters. The lowest BCUT2D eigenvalue weighted by Crippen LogP contribution is -2.04. The van der Waals surface area contributed by atoms with Gasteiger partial charge in [0.25, 0.3) is 0 Å². The third kappa shape index (κ3) is 3.02. The summed E-state index contributed by atoms with van der Waals surface area (Å²) in [6.45, 7) is 1.78. The fourth-order valence-corrected chi connectivity index (χ4v) is 3.32. The van der Waals surface area contributed by atoms with Gasteiger partial charge in [0.1, 0.15) is 29.0 Å². The Morgan fingerprint density at radius 3 is 2.54 bits per heavy atom. The zero-order chi connectivity index (χ0) is 18.8. The number of methoxy groups -OCH3 is 1. The lowest BCUT2D eigenvalue weighted by atomic mass is 9.89. The van der Waals surface area contributed by atoms with E-state index in [0.717, 1.165) is 0 Å². The van der Waals surface area contributed by atoms with Gasteiger partial charge < -0.3 is 10.5 Å². The Kier molecular flexibility index (Phi) is 4.92. The van der Waals surface area contributed by atoms with Crippen molar-refractivity contribution in [2.75, 3.05) is 12.8 Å². The number of nitrogen functional groups attached to an aromatic ring is 1. The highest BCUT2D eigenvalue weighted by Gasteiger charge is 2.23. The van der Waals surface area contributed by atoms with E-state index in [-0.39, 0.29) is 16.9 Å². The molecule has 0 fully saturated rings. The number of hydrogen-bond donors (Lipinski definition) is 1. The molecule has 0 saturated carbocycles. The first-order chi connectivity index (χ1) is 12.5. The van der Waals surface area contributed by atoms with Crippen molar-refractivity contribution >= 4 is 21.7 Å². The van der Waals surface area contributed by atoms with Crippen molar-refractivity contribution in [3.8, 4) is 34.1 Å². The summed E-state index contributed by atoms with van der Waals surface area (Å²) < 4.78 is 20.8. The predicted molar refractivity (Wildman–Crippen MR) is 103 cm³/mol. The second-order valence-electron chi connectivity index (χ2n) is 5.64. The van der Waals surface area contributed by atoms with E-state index in [1.54, 1.807) is 32.2 Å². The molecule has 0 aliphatic carbocycles. The smallest absolute Gasteiger partial charge is 0.142 e. The van der Waals surface area contributed by atoms with E-state index >= 15 is 0 Å². The first kappa shape index (κ1) is 17.9. The van der Waals surface area contributed by atoms with Gasteiger partial charge in [-0.05, 0) is 25.1 Å². The molecule has 0 spiro atoms. The van der Waals surface area contributed by atoms with Gasteiger partial charge in [-0.1, -0.05) is 40.2 Å². The molecule has 0 atom stereocenters. The Hall–Kier alpha value is -2.91. The molecule has 0 bridgehead atoms. The summed E-state index contributed by atoms with van der Waals surface area (Å²) in [4.78, 5) is 4.30. The van der Waals surface area contributed by atoms with Crippen molar-refractivity contribution in [2.24, 2.45) is 0 Å². The number of ether oxygens (including phenoxy) is 1. The van der Waals surface area contributed by atoms with E-state index < -0.39 is 5.82 Å². The van der Waals surface area contributed by atoms with Crippen LogP contribution in [-0.4, -0.2) is 12.1 Å². The molecule has 130 valence electrons. The summed E-state index contributed by atoms with van der Waals surface area (Å²) in [6.07, 6.45) is 0. The number of hydrogen-bond acceptors (Lipinski definition) is 4. The quantitative estimate of drug-likeness (QED) is 0.651. The van der Waals surface area contributed by atoms with Crippen LogP contribution < -0.4 is 10.5 Å². The molecule has 2 aromatic carbocycles. The molecule has 26 heavy (non-hydrogen) atoms. The molecule has 3 aromatic rings. The van der Waals surface area contributed by atoms with E-state index in [2.05, 4.69) is 27.0 Å². The lowest BCUT2D eigenvalue weighted by molar-refractivity contribution is 0.416. The number of nitriles is 1. The van der Waals surface area contributed by atoms with Gasteiger partial charge >= 0.3 is 0 Å². The van der Waals surface area contributed by atoms with Crippen molar-refractivity contribution in [3.63, 3.8) is 0 Å². The SMILES string of the molecule is COc1ccccc1-c1c(C)nc(N)c(C#N)c1-c1ccc(Br)cc1F. The molecule has 0 amide bonds. The van der Waals surface area contributed by atoms with Crippen LogP contribution in [-0.2, 0) is 0 Å². The molecular formula is C20H15BrFN3O. The monoisotopic (exact) mass is 411 g/mol. The zero-order valence-electron chi connectivity index (χ0n) is 14.2. The van der Waals surface area contributed by atoms with Gasteiger partial charge in [0.15, 0.2) is 0 Å². The number of nitrogens with zero attached hydrogens (tertiary/aromatic N) is 2. The standard InChI is InChI=1S/C20H15BrFN3O/c1-11-18(14-5-3-4-6-17(14)26-2)19(15(10-23)20(24)25-11)13-8-7-12(21)9-16(13)22/h3-9H,1-2H3,(H2,24,25). The number of aromatic nitrogens is 1. The molecule has 6 heteroatoms. The van der Waals surface area contributed by atoms with Crippen molar-refractivity contribution in [3.05, 3.63) is 64.0 Å². The maximum absolute atomic E-state index is 14.8. The average molecular weight is 412 g/mol. The van der Waals surface area contributed by atoms with Crippen molar-refractivity contribution in [1.82, 2.24) is 4.98 Å². The number of benzene rings is 2. The van der Waals surface area contributed by atoms with Crippen molar-refractivity contribution in [2.45, 2.75) is 6.92 Å². The average Bonchev–Trinajstić information content (AvgIpc) is 2.61. The minimum absolute atomic E-state index is 0.0703. The van der Waals surface area contributed by atoms with Crippen LogP contribution in [0.2, 0.25) is 0 Å². The second kappa shape index (κ2) is 7.14. The molecular weight excluding hydrogens is 397 g/mol. The van der Waals surface area contributed by atoms with Crippen LogP contribution >= 0.6 is 15.9 Å². The van der Waals surface area contributed by atoms with Gasteiger partial charge in [-0.3, -0.25) is 0 Å². The highest BCUT2D eigenvalue weighted by atomic mass is 79.9. The van der Waals surface area contributed by atoms with E-state index in [1.165, 1.54) is 6.07 Å². The predicted octanol–water partition coefficient (Wildman–Crippen LogP) is 5.09. The minimum Gasteiger partial charge on any atom is -0.496 e. The fourth-order valence-electron chi connectivity index (χ4n) is 2.98. The molecule has 3 rings (SSSR count). The van der Waals surface area contributed by atoms with Crippen LogP contribution in [0, 0.1) is 24.1 Å². The maximum atomic E-state index is 14.8. The van der Waals surface area contributed by atoms with Crippen molar-refractivity contribution in [1.29, 1.82) is 5.26 Å². The highest BCUT2D eigenvalue weighted by molar-refractivity contribution is 9.10. The van der Waals surface area contributed by atoms with Gasteiger partial charge in [-0.15, -0.1) is 0 Å². The molecule has 0 aliphatic heterocycles. The van der Waals surface area contributed by atoms with Crippen LogP contribution in [0.5, 0.6) is 5.75 Å². The van der Waals surface area contributed by atoms with Gasteiger partial charge in [-0.25, -0.2) is 9.37 Å². The molecule has 0 aliphatic rings. The first-order valence-electron chi connectivity index (χ1n) is 7.77. The number of halogens is 2. The summed E-state index contributed by atoms with van der Waals surface area (Å²) in [7, 11) is 1.56. The number of aryl methyl sites for hydroxylation is 1. The van der Waals surface area contributed by atoms with Gasteiger partial charge in [0, 0.05) is 32.4 Å².